The maximum atomic E-state index is 12.6. The number of carbonyl (C=O) groups is 2. The van der Waals surface area contributed by atoms with E-state index in [0.29, 0.717) is 6.54 Å². The number of nitrogens with two attached hydrogens (primary N) is 2. The van der Waals surface area contributed by atoms with E-state index in [4.69, 9.17) is 11.5 Å². The van der Waals surface area contributed by atoms with E-state index in [0.717, 1.165) is 75.6 Å². The van der Waals surface area contributed by atoms with Crippen LogP contribution in [-0.2, 0) is 22.4 Å². The van der Waals surface area contributed by atoms with Crippen LogP contribution in [0.3, 0.4) is 0 Å². The van der Waals surface area contributed by atoms with Gasteiger partial charge in [-0.2, -0.15) is 0 Å². The molecule has 3 aliphatic rings. The van der Waals surface area contributed by atoms with E-state index < -0.39 is 0 Å². The highest BCUT2D eigenvalue weighted by Gasteiger charge is 2.52. The Morgan fingerprint density at radius 1 is 0.818 bits per heavy atom. The summed E-state index contributed by atoms with van der Waals surface area (Å²) in [5.41, 5.74) is 15.0. The number of hydrogen-bond donors (Lipinski definition) is 4. The monoisotopic (exact) mass is 450 g/mol. The van der Waals surface area contributed by atoms with Crippen molar-refractivity contribution < 1.29 is 9.59 Å². The number of amides is 1. The zero-order valence-corrected chi connectivity index (χ0v) is 19.7. The third-order valence-electron chi connectivity index (χ3n) is 7.36. The van der Waals surface area contributed by atoms with E-state index in [1.807, 2.05) is 43.4 Å². The molecule has 3 aliphatic carbocycles. The number of benzene rings is 2. The highest BCUT2D eigenvalue weighted by molar-refractivity contribution is 5.83. The van der Waals surface area contributed by atoms with Gasteiger partial charge in [0.25, 0.3) is 0 Å². The van der Waals surface area contributed by atoms with E-state index in [-0.39, 0.29) is 16.7 Å². The van der Waals surface area contributed by atoms with Crippen molar-refractivity contribution >= 4 is 23.6 Å². The molecule has 3 fully saturated rings. The molecular formula is C27H38N4O2. The molecule has 0 aromatic heterocycles. The summed E-state index contributed by atoms with van der Waals surface area (Å²) in [4.78, 5) is 23.8. The summed E-state index contributed by atoms with van der Waals surface area (Å²) < 4.78 is 0. The summed E-state index contributed by atoms with van der Waals surface area (Å²) in [6.45, 7) is 1.67. The maximum Gasteiger partial charge on any atom is 0.226 e. The van der Waals surface area contributed by atoms with Gasteiger partial charge in [0.1, 0.15) is 6.29 Å². The van der Waals surface area contributed by atoms with E-state index in [1.165, 1.54) is 11.1 Å². The van der Waals surface area contributed by atoms with Gasteiger partial charge in [-0.1, -0.05) is 24.3 Å². The zero-order chi connectivity index (χ0) is 23.7. The van der Waals surface area contributed by atoms with Gasteiger partial charge < -0.3 is 26.9 Å². The zero-order valence-electron chi connectivity index (χ0n) is 19.7. The van der Waals surface area contributed by atoms with Crippen LogP contribution in [0, 0.1) is 10.8 Å². The molecule has 1 amide bonds. The molecule has 33 heavy (non-hydrogen) atoms. The minimum Gasteiger partial charge on any atom is -0.399 e. The molecule has 2 aromatic carbocycles. The van der Waals surface area contributed by atoms with Gasteiger partial charge in [0.15, 0.2) is 0 Å². The average Bonchev–Trinajstić information content (AvgIpc) is 2.86. The minimum atomic E-state index is -0.216. The van der Waals surface area contributed by atoms with Gasteiger partial charge in [-0.15, -0.1) is 0 Å². The van der Waals surface area contributed by atoms with Crippen LogP contribution < -0.4 is 22.1 Å². The van der Waals surface area contributed by atoms with Crippen molar-refractivity contribution in [2.45, 2.75) is 51.4 Å². The number of anilines is 2. The van der Waals surface area contributed by atoms with Crippen molar-refractivity contribution in [1.82, 2.24) is 10.6 Å². The molecule has 6 N–H and O–H groups in total. The molecule has 0 unspecified atom stereocenters. The van der Waals surface area contributed by atoms with Crippen LogP contribution in [0.15, 0.2) is 48.5 Å². The first-order valence-electron chi connectivity index (χ1n) is 12.0. The Kier molecular flexibility index (Phi) is 8.50. The first-order chi connectivity index (χ1) is 15.9. The van der Waals surface area contributed by atoms with Gasteiger partial charge >= 0.3 is 0 Å². The highest BCUT2D eigenvalue weighted by atomic mass is 16.2. The molecule has 0 heterocycles. The predicted octanol–water partition coefficient (Wildman–Crippen LogP) is 3.50. The minimum absolute atomic E-state index is 0.119. The molecule has 6 nitrogen and oxygen atoms in total. The highest BCUT2D eigenvalue weighted by Crippen LogP contribution is 2.55. The van der Waals surface area contributed by atoms with Crippen LogP contribution in [0.4, 0.5) is 11.4 Å². The Morgan fingerprint density at radius 2 is 1.27 bits per heavy atom. The molecule has 0 saturated heterocycles. The smallest absolute Gasteiger partial charge is 0.226 e. The van der Waals surface area contributed by atoms with Crippen molar-refractivity contribution in [2.75, 3.05) is 31.6 Å². The molecule has 0 aliphatic heterocycles. The summed E-state index contributed by atoms with van der Waals surface area (Å²) in [7, 11) is 1.96. The van der Waals surface area contributed by atoms with Crippen molar-refractivity contribution in [2.24, 2.45) is 10.8 Å². The molecule has 5 rings (SSSR count). The number of aldehydes is 1. The predicted molar refractivity (Wildman–Crippen MR) is 135 cm³/mol. The topological polar surface area (TPSA) is 110 Å². The molecule has 2 aromatic rings. The SMILES string of the molecule is CNCCc1ccc(N)cc1.Nc1ccc(CCNC(=O)C23CCC(C=O)(CC2)CC3)cc1. The molecule has 3 saturated carbocycles. The summed E-state index contributed by atoms with van der Waals surface area (Å²) in [6.07, 6.45) is 8.23. The van der Waals surface area contributed by atoms with Crippen LogP contribution in [0.2, 0.25) is 0 Å². The third kappa shape index (κ3) is 6.57. The Balaban J connectivity index is 0.000000235. The molecule has 0 atom stereocenters. The van der Waals surface area contributed by atoms with Gasteiger partial charge in [0.2, 0.25) is 5.91 Å². The van der Waals surface area contributed by atoms with Gasteiger partial charge in [0, 0.05) is 28.7 Å². The lowest BCUT2D eigenvalue weighted by Gasteiger charge is -2.49. The lowest BCUT2D eigenvalue weighted by Crippen LogP contribution is -2.50. The number of likely N-dealkylation sites (N-methyl/N-ethyl adjacent to an activating group) is 1. The normalized spacial score (nSPS) is 23.3. The van der Waals surface area contributed by atoms with Crippen LogP contribution in [0.25, 0.3) is 0 Å². The number of nitrogen functional groups attached to an aromatic ring is 2. The fourth-order valence-corrected chi connectivity index (χ4v) is 4.88. The number of hydrogen-bond acceptors (Lipinski definition) is 5. The fraction of sp³-hybridized carbons (Fsp3) is 0.481. The van der Waals surface area contributed by atoms with Crippen LogP contribution >= 0.6 is 0 Å². The van der Waals surface area contributed by atoms with Crippen molar-refractivity contribution in [1.29, 1.82) is 0 Å². The second kappa shape index (κ2) is 11.3. The van der Waals surface area contributed by atoms with Crippen LogP contribution in [0.1, 0.15) is 49.7 Å². The lowest BCUT2D eigenvalue weighted by molar-refractivity contribution is -0.144. The summed E-state index contributed by atoms with van der Waals surface area (Å²) in [5, 5.41) is 6.20. The Bertz CT molecular complexity index is 884. The van der Waals surface area contributed by atoms with Crippen LogP contribution in [0.5, 0.6) is 0 Å². The summed E-state index contributed by atoms with van der Waals surface area (Å²) >= 11 is 0. The van der Waals surface area contributed by atoms with Gasteiger partial charge in [0.05, 0.1) is 0 Å². The summed E-state index contributed by atoms with van der Waals surface area (Å²) in [5.74, 6) is 0.183. The fourth-order valence-electron chi connectivity index (χ4n) is 4.88. The molecule has 0 spiro atoms. The molecule has 6 heteroatoms. The molecular weight excluding hydrogens is 412 g/mol. The standard InChI is InChI=1S/C18H24N2O2.C9H14N2/c19-15-3-1-14(2-4-15)5-12-20-16(22)18-9-6-17(13-21,7-10-18)8-11-18;1-11-7-6-8-2-4-9(10)5-3-8/h1-4,13H,5-12,19H2,(H,20,22);2-5,11H,6-7,10H2,1H3. The Labute approximate surface area is 197 Å². The molecule has 2 bridgehead atoms. The number of carbonyl (C=O) groups excluding carboxylic acids is 2. The first-order valence-corrected chi connectivity index (χ1v) is 12.0. The Morgan fingerprint density at radius 3 is 1.70 bits per heavy atom. The summed E-state index contributed by atoms with van der Waals surface area (Å²) in [6, 6.07) is 15.8. The Hall–Kier alpha value is -2.86. The van der Waals surface area contributed by atoms with Gasteiger partial charge in [-0.05, 0) is 100 Å². The van der Waals surface area contributed by atoms with E-state index in [2.05, 4.69) is 22.8 Å². The number of fused-ring (bicyclic) bond motifs is 3. The van der Waals surface area contributed by atoms with E-state index >= 15 is 0 Å². The third-order valence-corrected chi connectivity index (χ3v) is 7.36. The number of rotatable bonds is 8. The van der Waals surface area contributed by atoms with Gasteiger partial charge in [-0.3, -0.25) is 4.79 Å². The van der Waals surface area contributed by atoms with Crippen molar-refractivity contribution in [3.8, 4) is 0 Å². The van der Waals surface area contributed by atoms with Crippen molar-refractivity contribution in [3.63, 3.8) is 0 Å². The van der Waals surface area contributed by atoms with Gasteiger partial charge in [-0.25, -0.2) is 0 Å². The maximum absolute atomic E-state index is 12.6. The quantitative estimate of drug-likeness (QED) is 0.363. The van der Waals surface area contributed by atoms with Crippen molar-refractivity contribution in [3.05, 3.63) is 59.7 Å². The van der Waals surface area contributed by atoms with E-state index in [9.17, 15) is 9.59 Å². The second-order valence-corrected chi connectivity index (χ2v) is 9.60. The van der Waals surface area contributed by atoms with Crippen LogP contribution in [-0.4, -0.2) is 32.3 Å². The largest absolute Gasteiger partial charge is 0.399 e. The van der Waals surface area contributed by atoms with E-state index in [1.54, 1.807) is 0 Å². The first kappa shape index (κ1) is 24.8. The molecule has 178 valence electrons. The number of nitrogens with one attached hydrogen (secondary N) is 2. The second-order valence-electron chi connectivity index (χ2n) is 9.60. The lowest BCUT2D eigenvalue weighted by atomic mass is 9.54. The molecule has 0 radical (unpaired) electrons. The average molecular weight is 451 g/mol.